The number of hydrogen-bond donors (Lipinski definition) is 0. The van der Waals surface area contributed by atoms with E-state index in [-0.39, 0.29) is 5.91 Å². The Morgan fingerprint density at radius 3 is 2.83 bits per heavy atom. The van der Waals surface area contributed by atoms with Crippen LogP contribution < -0.4 is 0 Å². The molecule has 0 spiro atoms. The largest absolute Gasteiger partial charge is 0.467 e. The smallest absolute Gasteiger partial charge is 0.275 e. The lowest BCUT2D eigenvalue weighted by molar-refractivity contribution is 0.0699. The molecule has 2 aromatic heterocycles. The fourth-order valence-electron chi connectivity index (χ4n) is 3.59. The molecule has 0 atom stereocenters. The minimum atomic E-state index is -0.122. The third-order valence-corrected chi connectivity index (χ3v) is 5.04. The SMILES string of the molecule is COCCn1nc(C(=O)N(Cc2ccccc2)Cc2ccco2)c2c1CCOC2. The lowest BCUT2D eigenvalue weighted by atomic mass is 10.1. The fourth-order valence-corrected chi connectivity index (χ4v) is 3.59. The van der Waals surface area contributed by atoms with Crippen LogP contribution in [0, 0.1) is 0 Å². The molecule has 0 saturated heterocycles. The summed E-state index contributed by atoms with van der Waals surface area (Å²) in [4.78, 5) is 15.3. The van der Waals surface area contributed by atoms with Crippen LogP contribution in [0.4, 0.5) is 0 Å². The van der Waals surface area contributed by atoms with Gasteiger partial charge in [-0.3, -0.25) is 9.48 Å². The number of methoxy groups -OCH3 is 1. The van der Waals surface area contributed by atoms with E-state index in [0.29, 0.717) is 45.1 Å². The summed E-state index contributed by atoms with van der Waals surface area (Å²) in [5.74, 6) is 0.612. The van der Waals surface area contributed by atoms with Gasteiger partial charge in [-0.2, -0.15) is 5.10 Å². The minimum Gasteiger partial charge on any atom is -0.467 e. The van der Waals surface area contributed by atoms with Gasteiger partial charge in [0, 0.05) is 31.3 Å². The monoisotopic (exact) mass is 395 g/mol. The number of rotatable bonds is 8. The number of aromatic nitrogens is 2. The number of nitrogens with zero attached hydrogens (tertiary/aromatic N) is 3. The second-order valence-electron chi connectivity index (χ2n) is 7.02. The van der Waals surface area contributed by atoms with Gasteiger partial charge >= 0.3 is 0 Å². The fraction of sp³-hybridized carbons (Fsp3) is 0.364. The molecule has 4 rings (SSSR count). The predicted molar refractivity (Wildman–Crippen MR) is 106 cm³/mol. The van der Waals surface area contributed by atoms with Crippen molar-refractivity contribution in [2.24, 2.45) is 0 Å². The van der Waals surface area contributed by atoms with Gasteiger partial charge in [-0.25, -0.2) is 0 Å². The molecule has 0 unspecified atom stereocenters. The molecule has 1 aromatic carbocycles. The van der Waals surface area contributed by atoms with Gasteiger partial charge in [0.2, 0.25) is 0 Å². The second kappa shape index (κ2) is 9.07. The zero-order chi connectivity index (χ0) is 20.1. The summed E-state index contributed by atoms with van der Waals surface area (Å²) in [5.41, 5.74) is 3.46. The Morgan fingerprint density at radius 1 is 1.21 bits per heavy atom. The van der Waals surface area contributed by atoms with E-state index in [4.69, 9.17) is 13.9 Å². The number of fused-ring (bicyclic) bond motifs is 1. The first kappa shape index (κ1) is 19.4. The van der Waals surface area contributed by atoms with Crippen LogP contribution in [-0.2, 0) is 42.1 Å². The predicted octanol–water partition coefficient (Wildman–Crippen LogP) is 3.04. The van der Waals surface area contributed by atoms with E-state index in [9.17, 15) is 4.79 Å². The molecule has 1 amide bonds. The summed E-state index contributed by atoms with van der Waals surface area (Å²) in [6, 6.07) is 13.6. The van der Waals surface area contributed by atoms with E-state index in [1.54, 1.807) is 18.3 Å². The maximum atomic E-state index is 13.6. The molecule has 7 nitrogen and oxygen atoms in total. The Kier molecular flexibility index (Phi) is 6.07. The average Bonchev–Trinajstić information content (AvgIpc) is 3.40. The lowest BCUT2D eigenvalue weighted by Gasteiger charge is -2.22. The van der Waals surface area contributed by atoms with Crippen molar-refractivity contribution < 1.29 is 18.7 Å². The van der Waals surface area contributed by atoms with Crippen LogP contribution in [-0.4, -0.2) is 40.9 Å². The maximum Gasteiger partial charge on any atom is 0.275 e. The number of carbonyl (C=O) groups excluding carboxylic acids is 1. The van der Waals surface area contributed by atoms with E-state index in [0.717, 1.165) is 29.0 Å². The number of amides is 1. The van der Waals surface area contributed by atoms with E-state index in [1.165, 1.54) is 0 Å². The molecule has 1 aliphatic rings. The number of carbonyl (C=O) groups is 1. The summed E-state index contributed by atoms with van der Waals surface area (Å²) in [5, 5.41) is 4.66. The van der Waals surface area contributed by atoms with Gasteiger partial charge in [0.1, 0.15) is 5.76 Å². The number of ether oxygens (including phenoxy) is 2. The van der Waals surface area contributed by atoms with Crippen LogP contribution in [0.25, 0.3) is 0 Å². The number of furan rings is 1. The highest BCUT2D eigenvalue weighted by molar-refractivity contribution is 5.94. The zero-order valence-corrected chi connectivity index (χ0v) is 16.5. The van der Waals surface area contributed by atoms with Crippen molar-refractivity contribution in [1.29, 1.82) is 0 Å². The standard InChI is InChI=1S/C22H25N3O4/c1-27-13-10-25-20-9-12-28-16-19(20)21(23-25)22(26)24(15-18-8-5-11-29-18)14-17-6-3-2-4-7-17/h2-8,11H,9-10,12-16H2,1H3. The topological polar surface area (TPSA) is 69.7 Å². The molecular formula is C22H25N3O4. The first-order valence-corrected chi connectivity index (χ1v) is 9.77. The van der Waals surface area contributed by atoms with Crippen molar-refractivity contribution >= 4 is 5.91 Å². The summed E-state index contributed by atoms with van der Waals surface area (Å²) in [7, 11) is 1.66. The molecule has 3 aromatic rings. The molecule has 3 heterocycles. The number of benzene rings is 1. The van der Waals surface area contributed by atoms with E-state index >= 15 is 0 Å². The summed E-state index contributed by atoms with van der Waals surface area (Å²) in [6.45, 7) is 3.05. The highest BCUT2D eigenvalue weighted by Gasteiger charge is 2.29. The molecule has 0 N–H and O–H groups in total. The van der Waals surface area contributed by atoms with Crippen LogP contribution in [0.2, 0.25) is 0 Å². The summed E-state index contributed by atoms with van der Waals surface area (Å²) in [6.07, 6.45) is 2.37. The second-order valence-corrected chi connectivity index (χ2v) is 7.02. The Balaban J connectivity index is 1.65. The van der Waals surface area contributed by atoms with Crippen LogP contribution in [0.5, 0.6) is 0 Å². The van der Waals surface area contributed by atoms with Crippen molar-refractivity contribution in [3.05, 3.63) is 77.0 Å². The highest BCUT2D eigenvalue weighted by Crippen LogP contribution is 2.24. The van der Waals surface area contributed by atoms with Crippen molar-refractivity contribution in [1.82, 2.24) is 14.7 Å². The Morgan fingerprint density at radius 2 is 2.07 bits per heavy atom. The molecule has 0 saturated carbocycles. The van der Waals surface area contributed by atoms with Gasteiger partial charge in [0.05, 0.1) is 39.2 Å². The lowest BCUT2D eigenvalue weighted by Crippen LogP contribution is -2.31. The van der Waals surface area contributed by atoms with Gasteiger partial charge in [-0.1, -0.05) is 30.3 Å². The molecule has 1 aliphatic heterocycles. The summed E-state index contributed by atoms with van der Waals surface area (Å²) < 4.78 is 18.2. The van der Waals surface area contributed by atoms with Gasteiger partial charge in [-0.15, -0.1) is 0 Å². The van der Waals surface area contributed by atoms with E-state index in [2.05, 4.69) is 5.10 Å². The van der Waals surface area contributed by atoms with Crippen molar-refractivity contribution in [2.45, 2.75) is 32.7 Å². The molecular weight excluding hydrogens is 370 g/mol. The van der Waals surface area contributed by atoms with Crippen molar-refractivity contribution in [2.75, 3.05) is 20.3 Å². The summed E-state index contributed by atoms with van der Waals surface area (Å²) >= 11 is 0. The Hall–Kier alpha value is -2.90. The van der Waals surface area contributed by atoms with Gasteiger partial charge < -0.3 is 18.8 Å². The van der Waals surface area contributed by atoms with Crippen molar-refractivity contribution in [3.63, 3.8) is 0 Å². The Labute approximate surface area is 169 Å². The molecule has 0 radical (unpaired) electrons. The van der Waals surface area contributed by atoms with E-state index in [1.807, 2.05) is 47.1 Å². The van der Waals surface area contributed by atoms with Crippen LogP contribution in [0.1, 0.15) is 33.1 Å². The number of hydrogen-bond acceptors (Lipinski definition) is 5. The normalized spacial score (nSPS) is 13.3. The molecule has 152 valence electrons. The van der Waals surface area contributed by atoms with Crippen molar-refractivity contribution in [3.8, 4) is 0 Å². The molecule has 0 bridgehead atoms. The molecule has 0 aliphatic carbocycles. The highest BCUT2D eigenvalue weighted by atomic mass is 16.5. The van der Waals surface area contributed by atoms with E-state index < -0.39 is 0 Å². The van der Waals surface area contributed by atoms with Gasteiger partial charge in [-0.05, 0) is 17.7 Å². The third kappa shape index (κ3) is 4.41. The molecule has 0 fully saturated rings. The first-order chi connectivity index (χ1) is 14.3. The minimum absolute atomic E-state index is 0.122. The molecule has 7 heteroatoms. The first-order valence-electron chi connectivity index (χ1n) is 9.77. The molecule has 29 heavy (non-hydrogen) atoms. The van der Waals surface area contributed by atoms with Crippen LogP contribution >= 0.6 is 0 Å². The van der Waals surface area contributed by atoms with Gasteiger partial charge in [0.25, 0.3) is 5.91 Å². The van der Waals surface area contributed by atoms with Gasteiger partial charge in [0.15, 0.2) is 5.69 Å². The maximum absolute atomic E-state index is 13.6. The van der Waals surface area contributed by atoms with Crippen LogP contribution in [0.3, 0.4) is 0 Å². The third-order valence-electron chi connectivity index (χ3n) is 5.04. The van der Waals surface area contributed by atoms with Crippen LogP contribution in [0.15, 0.2) is 53.1 Å². The quantitative estimate of drug-likeness (QED) is 0.586. The zero-order valence-electron chi connectivity index (χ0n) is 16.5. The average molecular weight is 395 g/mol. The Bertz CT molecular complexity index is 935.